The highest BCUT2D eigenvalue weighted by Gasteiger charge is 2.21. The summed E-state index contributed by atoms with van der Waals surface area (Å²) < 4.78 is 1.48. The van der Waals surface area contributed by atoms with E-state index in [0.29, 0.717) is 49.5 Å². The molecule has 3 heterocycles. The molecule has 11 heteroatoms. The van der Waals surface area contributed by atoms with Gasteiger partial charge in [-0.15, -0.1) is 0 Å². The van der Waals surface area contributed by atoms with Crippen LogP contribution in [0.15, 0.2) is 72.2 Å². The number of nitrogens with one attached hydrogen (secondary N) is 1. The van der Waals surface area contributed by atoms with Gasteiger partial charge in [0.15, 0.2) is 0 Å². The lowest BCUT2D eigenvalue weighted by molar-refractivity contribution is 0.730. The average Bonchev–Trinajstić information content (AvgIpc) is 2.88. The van der Waals surface area contributed by atoms with E-state index in [9.17, 15) is 4.79 Å². The zero-order valence-corrected chi connectivity index (χ0v) is 20.9. The van der Waals surface area contributed by atoms with Crippen LogP contribution in [0.3, 0.4) is 0 Å². The second-order valence-corrected chi connectivity index (χ2v) is 8.76. The summed E-state index contributed by atoms with van der Waals surface area (Å²) in [6.45, 7) is 1.84. The first-order chi connectivity index (χ1) is 17.9. The number of anilines is 2. The molecule has 0 saturated heterocycles. The molecule has 1 atom stereocenters. The predicted octanol–water partition coefficient (Wildman–Crippen LogP) is 4.43. The number of nitrogens with two attached hydrogens (primary N) is 1. The third-order valence-corrected chi connectivity index (χ3v) is 5.99. The Morgan fingerprint density at radius 2 is 1.89 bits per heavy atom. The number of nitrogen functional groups attached to an aromatic ring is 1. The molecule has 2 aromatic carbocycles. The monoisotopic (exact) mass is 528 g/mol. The van der Waals surface area contributed by atoms with Crippen molar-refractivity contribution in [1.29, 1.82) is 0 Å². The summed E-state index contributed by atoms with van der Waals surface area (Å²) in [4.78, 5) is 35.1. The van der Waals surface area contributed by atoms with Crippen molar-refractivity contribution in [2.45, 2.75) is 13.0 Å². The average molecular weight is 529 g/mol. The smallest absolute Gasteiger partial charge is 0.267 e. The van der Waals surface area contributed by atoms with E-state index in [0.717, 1.165) is 0 Å². The molecule has 3 aromatic heterocycles. The summed E-state index contributed by atoms with van der Waals surface area (Å²) >= 11 is 12.6. The molecule has 0 aliphatic rings. The van der Waals surface area contributed by atoms with Crippen molar-refractivity contribution < 1.29 is 0 Å². The Hall–Kier alpha value is -4.52. The summed E-state index contributed by atoms with van der Waals surface area (Å²) in [6, 6.07) is 11.6. The summed E-state index contributed by atoms with van der Waals surface area (Å²) in [5.41, 5.74) is 7.64. The summed E-state index contributed by atoms with van der Waals surface area (Å²) in [5, 5.41) is 4.37. The second-order valence-electron chi connectivity index (χ2n) is 7.91. The maximum absolute atomic E-state index is 13.7. The molecule has 0 saturated carbocycles. The summed E-state index contributed by atoms with van der Waals surface area (Å²) in [5.74, 6) is 6.85. The molecule has 3 N–H and O–H groups in total. The van der Waals surface area contributed by atoms with Gasteiger partial charge >= 0.3 is 0 Å². The fourth-order valence-corrected chi connectivity index (χ4v) is 4.19. The lowest BCUT2D eigenvalue weighted by atomic mass is 10.2. The third kappa shape index (κ3) is 4.93. The van der Waals surface area contributed by atoms with Crippen molar-refractivity contribution in [2.75, 3.05) is 11.1 Å². The highest BCUT2D eigenvalue weighted by atomic mass is 35.5. The molecule has 37 heavy (non-hydrogen) atoms. The summed E-state index contributed by atoms with van der Waals surface area (Å²) in [6.07, 6.45) is 5.97. The Bertz CT molecular complexity index is 1750. The normalized spacial score (nSPS) is 11.5. The van der Waals surface area contributed by atoms with Gasteiger partial charge < -0.3 is 11.1 Å². The SMILES string of the molecule is CC(Nc1ncnc(N)c1C#Cc1cnccn1)c1nc2cccc(Cl)c2c(=O)n1-c1cccc(Cl)c1. The largest absolute Gasteiger partial charge is 0.382 e. The van der Waals surface area contributed by atoms with Crippen LogP contribution in [0, 0.1) is 11.8 Å². The Morgan fingerprint density at radius 3 is 2.68 bits per heavy atom. The van der Waals surface area contributed by atoms with Crippen LogP contribution in [0.2, 0.25) is 10.0 Å². The lowest BCUT2D eigenvalue weighted by Gasteiger charge is -2.21. The number of nitrogens with zero attached hydrogens (tertiary/aromatic N) is 6. The number of halogens is 2. The minimum atomic E-state index is -0.526. The van der Waals surface area contributed by atoms with Crippen LogP contribution in [-0.4, -0.2) is 29.5 Å². The van der Waals surface area contributed by atoms with Crippen LogP contribution in [0.25, 0.3) is 16.6 Å². The fourth-order valence-electron chi connectivity index (χ4n) is 3.75. The highest BCUT2D eigenvalue weighted by Crippen LogP contribution is 2.26. The Balaban J connectivity index is 1.64. The quantitative estimate of drug-likeness (QED) is 0.328. The van der Waals surface area contributed by atoms with E-state index in [-0.39, 0.29) is 11.4 Å². The second kappa shape index (κ2) is 10.2. The summed E-state index contributed by atoms with van der Waals surface area (Å²) in [7, 11) is 0. The van der Waals surface area contributed by atoms with Gasteiger partial charge in [0.1, 0.15) is 35.0 Å². The van der Waals surface area contributed by atoms with Crippen LogP contribution in [0.1, 0.15) is 30.0 Å². The Morgan fingerprint density at radius 1 is 1.05 bits per heavy atom. The van der Waals surface area contributed by atoms with Gasteiger partial charge in [-0.05, 0) is 43.2 Å². The molecule has 0 aliphatic heterocycles. The Labute approximate surface area is 221 Å². The van der Waals surface area contributed by atoms with Crippen LogP contribution in [-0.2, 0) is 0 Å². The molecule has 0 radical (unpaired) electrons. The maximum atomic E-state index is 13.7. The van der Waals surface area contributed by atoms with Crippen LogP contribution < -0.4 is 16.6 Å². The molecular formula is C26H18Cl2N8O. The van der Waals surface area contributed by atoms with E-state index in [1.807, 2.05) is 6.92 Å². The molecule has 9 nitrogen and oxygen atoms in total. The maximum Gasteiger partial charge on any atom is 0.267 e. The predicted molar refractivity (Wildman–Crippen MR) is 144 cm³/mol. The number of rotatable bonds is 4. The standard InChI is InChI=1S/C26H18Cl2N8O/c1-15(34-24-19(23(29)32-14-33-24)9-8-17-13-30-10-11-31-17)25-35-21-7-3-6-20(28)22(21)26(37)36(25)18-5-2-4-16(27)12-18/h2-7,10-15H,1H3,(H3,29,32,33,34). The van der Waals surface area contributed by atoms with Gasteiger partial charge in [-0.1, -0.05) is 41.3 Å². The number of benzene rings is 2. The van der Waals surface area contributed by atoms with E-state index in [1.54, 1.807) is 54.9 Å². The molecule has 5 rings (SSSR count). The number of hydrogen-bond acceptors (Lipinski definition) is 8. The van der Waals surface area contributed by atoms with E-state index in [1.165, 1.54) is 17.1 Å². The topological polar surface area (TPSA) is 124 Å². The van der Waals surface area contributed by atoms with Crippen molar-refractivity contribution in [3.63, 3.8) is 0 Å². The molecule has 0 aliphatic carbocycles. The molecular weight excluding hydrogens is 511 g/mol. The number of fused-ring (bicyclic) bond motifs is 1. The zero-order chi connectivity index (χ0) is 25.9. The van der Waals surface area contributed by atoms with Gasteiger partial charge in [-0.3, -0.25) is 14.3 Å². The first kappa shape index (κ1) is 24.2. The Kier molecular flexibility index (Phi) is 6.68. The van der Waals surface area contributed by atoms with Gasteiger partial charge in [0.25, 0.3) is 5.56 Å². The van der Waals surface area contributed by atoms with Crippen LogP contribution in [0.4, 0.5) is 11.6 Å². The minimum Gasteiger partial charge on any atom is -0.382 e. The van der Waals surface area contributed by atoms with Crippen molar-refractivity contribution >= 4 is 45.7 Å². The van der Waals surface area contributed by atoms with E-state index < -0.39 is 6.04 Å². The zero-order valence-electron chi connectivity index (χ0n) is 19.4. The number of aromatic nitrogens is 6. The minimum absolute atomic E-state index is 0.187. The van der Waals surface area contributed by atoms with Crippen LogP contribution in [0.5, 0.6) is 0 Å². The van der Waals surface area contributed by atoms with Crippen molar-refractivity contribution in [3.05, 3.63) is 105 Å². The molecule has 0 spiro atoms. The third-order valence-electron chi connectivity index (χ3n) is 5.43. The van der Waals surface area contributed by atoms with Crippen LogP contribution >= 0.6 is 23.2 Å². The first-order valence-corrected chi connectivity index (χ1v) is 11.8. The van der Waals surface area contributed by atoms with Crippen molar-refractivity contribution in [1.82, 2.24) is 29.5 Å². The lowest BCUT2D eigenvalue weighted by Crippen LogP contribution is -2.27. The fraction of sp³-hybridized carbons (Fsp3) is 0.0769. The molecule has 182 valence electrons. The molecule has 1 unspecified atom stereocenters. The molecule has 0 bridgehead atoms. The van der Waals surface area contributed by atoms with Gasteiger partial charge in [-0.25, -0.2) is 19.9 Å². The highest BCUT2D eigenvalue weighted by molar-refractivity contribution is 6.35. The van der Waals surface area contributed by atoms with E-state index in [2.05, 4.69) is 37.1 Å². The molecule has 5 aromatic rings. The van der Waals surface area contributed by atoms with E-state index >= 15 is 0 Å². The first-order valence-electron chi connectivity index (χ1n) is 11.0. The number of hydrogen-bond donors (Lipinski definition) is 2. The van der Waals surface area contributed by atoms with Gasteiger partial charge in [-0.2, -0.15) is 0 Å². The van der Waals surface area contributed by atoms with Gasteiger partial charge in [0.05, 0.1) is 33.9 Å². The van der Waals surface area contributed by atoms with Gasteiger partial charge in [0.2, 0.25) is 0 Å². The molecule has 0 fully saturated rings. The van der Waals surface area contributed by atoms with E-state index in [4.69, 9.17) is 33.9 Å². The van der Waals surface area contributed by atoms with Crippen molar-refractivity contribution in [2.24, 2.45) is 0 Å². The van der Waals surface area contributed by atoms with Gasteiger partial charge in [0, 0.05) is 17.4 Å². The molecule has 0 amide bonds. The van der Waals surface area contributed by atoms with Crippen molar-refractivity contribution in [3.8, 4) is 17.5 Å².